The van der Waals surface area contributed by atoms with Crippen molar-refractivity contribution in [1.82, 2.24) is 0 Å². The maximum Gasteiger partial charge on any atom is 0.0649 e. The molecule has 1 heteroatoms. The Kier molecular flexibility index (Phi) is 5.35. The van der Waals surface area contributed by atoms with Gasteiger partial charge in [0, 0.05) is 6.42 Å². The Morgan fingerprint density at radius 1 is 1.67 bits per heavy atom. The van der Waals surface area contributed by atoms with Gasteiger partial charge in [0.2, 0.25) is 0 Å². The molecule has 0 aliphatic carbocycles. The third-order valence-corrected chi connectivity index (χ3v) is 1.24. The summed E-state index contributed by atoms with van der Waals surface area (Å²) < 4.78 is 0. The van der Waals surface area contributed by atoms with E-state index in [1.165, 1.54) is 0 Å². The second-order valence-electron chi connectivity index (χ2n) is 2.20. The number of rotatable bonds is 4. The lowest BCUT2D eigenvalue weighted by Crippen LogP contribution is -2.03. The van der Waals surface area contributed by atoms with Crippen molar-refractivity contribution in [3.63, 3.8) is 0 Å². The molecule has 52 valence electrons. The summed E-state index contributed by atoms with van der Waals surface area (Å²) in [6.07, 6.45) is 8.27. The highest BCUT2D eigenvalue weighted by atomic mass is 16.3. The van der Waals surface area contributed by atoms with Crippen LogP contribution >= 0.6 is 0 Å². The molecule has 0 saturated heterocycles. The van der Waals surface area contributed by atoms with Crippen molar-refractivity contribution in [2.75, 3.05) is 0 Å². The molecule has 1 atom stereocenters. The third-order valence-electron chi connectivity index (χ3n) is 1.24. The van der Waals surface area contributed by atoms with Gasteiger partial charge in [-0.15, -0.1) is 12.3 Å². The highest BCUT2D eigenvalue weighted by Gasteiger charge is 1.98. The van der Waals surface area contributed by atoms with Gasteiger partial charge in [-0.25, -0.2) is 0 Å². The number of aliphatic hydroxyl groups is 1. The molecule has 0 heterocycles. The summed E-state index contributed by atoms with van der Waals surface area (Å²) in [5, 5.41) is 9.04. The average molecular weight is 126 g/mol. The molecule has 1 nitrogen and oxygen atoms in total. The zero-order valence-corrected chi connectivity index (χ0v) is 5.93. The number of aliphatic hydroxyl groups excluding tert-OH is 1. The van der Waals surface area contributed by atoms with Crippen molar-refractivity contribution in [2.24, 2.45) is 0 Å². The van der Waals surface area contributed by atoms with Gasteiger partial charge >= 0.3 is 0 Å². The largest absolute Gasteiger partial charge is 0.392 e. The summed E-state index contributed by atoms with van der Waals surface area (Å²) in [5.74, 6) is 2.43. The van der Waals surface area contributed by atoms with Crippen LogP contribution in [0.2, 0.25) is 0 Å². The van der Waals surface area contributed by atoms with E-state index in [4.69, 9.17) is 11.5 Å². The number of hydrogen-bond donors (Lipinski definition) is 1. The molecule has 0 radical (unpaired) electrons. The van der Waals surface area contributed by atoms with E-state index in [1.807, 2.05) is 0 Å². The van der Waals surface area contributed by atoms with E-state index in [0.717, 1.165) is 19.3 Å². The van der Waals surface area contributed by atoms with E-state index in [9.17, 15) is 0 Å². The van der Waals surface area contributed by atoms with Crippen LogP contribution in [0.4, 0.5) is 0 Å². The lowest BCUT2D eigenvalue weighted by Gasteiger charge is -2.03. The molecule has 0 spiro atoms. The van der Waals surface area contributed by atoms with Crippen LogP contribution in [0, 0.1) is 12.3 Å². The van der Waals surface area contributed by atoms with Crippen LogP contribution < -0.4 is 0 Å². The molecule has 0 aromatic rings. The Morgan fingerprint density at radius 2 is 2.33 bits per heavy atom. The fourth-order valence-corrected chi connectivity index (χ4v) is 0.678. The predicted octanol–water partition coefficient (Wildman–Crippen LogP) is 1.56. The minimum Gasteiger partial charge on any atom is -0.392 e. The molecule has 0 amide bonds. The molecule has 0 bridgehead atoms. The molecular weight excluding hydrogens is 112 g/mol. The summed E-state index contributed by atoms with van der Waals surface area (Å²) in [4.78, 5) is 0. The minimum absolute atomic E-state index is 0.269. The Labute approximate surface area is 57.1 Å². The van der Waals surface area contributed by atoms with Crippen molar-refractivity contribution in [3.8, 4) is 12.3 Å². The van der Waals surface area contributed by atoms with Crippen LogP contribution in [0.1, 0.15) is 32.6 Å². The van der Waals surface area contributed by atoms with E-state index >= 15 is 0 Å². The summed E-state index contributed by atoms with van der Waals surface area (Å²) in [6.45, 7) is 2.10. The van der Waals surface area contributed by atoms with E-state index < -0.39 is 0 Å². The van der Waals surface area contributed by atoms with Crippen LogP contribution in [-0.2, 0) is 0 Å². The van der Waals surface area contributed by atoms with Gasteiger partial charge in [-0.2, -0.15) is 0 Å². The average Bonchev–Trinajstić information content (AvgIpc) is 1.85. The van der Waals surface area contributed by atoms with Gasteiger partial charge in [-0.1, -0.05) is 19.8 Å². The van der Waals surface area contributed by atoms with Crippen LogP contribution in [0.25, 0.3) is 0 Å². The number of hydrogen-bond acceptors (Lipinski definition) is 1. The maximum atomic E-state index is 9.04. The first kappa shape index (κ1) is 8.52. The number of terminal acetylenes is 1. The molecule has 0 aromatic heterocycles. The molecule has 0 saturated carbocycles. The first-order chi connectivity index (χ1) is 4.31. The van der Waals surface area contributed by atoms with Crippen LogP contribution in [0.5, 0.6) is 0 Å². The van der Waals surface area contributed by atoms with Crippen LogP contribution in [0.3, 0.4) is 0 Å². The molecule has 0 aliphatic rings. The Hall–Kier alpha value is -0.480. The monoisotopic (exact) mass is 126 g/mol. The van der Waals surface area contributed by atoms with E-state index in [-0.39, 0.29) is 6.10 Å². The van der Waals surface area contributed by atoms with Gasteiger partial charge in [0.1, 0.15) is 0 Å². The molecule has 0 aliphatic heterocycles. The quantitative estimate of drug-likeness (QED) is 0.567. The minimum atomic E-state index is -0.269. The topological polar surface area (TPSA) is 20.2 Å². The summed E-state index contributed by atoms with van der Waals surface area (Å²) in [5.41, 5.74) is 0. The lowest BCUT2D eigenvalue weighted by atomic mass is 10.1. The van der Waals surface area contributed by atoms with Gasteiger partial charge in [0.05, 0.1) is 6.10 Å². The fourth-order valence-electron chi connectivity index (χ4n) is 0.678. The fraction of sp³-hybridized carbons (Fsp3) is 0.750. The lowest BCUT2D eigenvalue weighted by molar-refractivity contribution is 0.167. The molecule has 0 fully saturated rings. The van der Waals surface area contributed by atoms with Crippen molar-refractivity contribution in [3.05, 3.63) is 0 Å². The van der Waals surface area contributed by atoms with Crippen molar-refractivity contribution in [1.29, 1.82) is 0 Å². The van der Waals surface area contributed by atoms with Crippen molar-refractivity contribution in [2.45, 2.75) is 38.7 Å². The summed E-state index contributed by atoms with van der Waals surface area (Å²) >= 11 is 0. The van der Waals surface area contributed by atoms with Gasteiger partial charge in [0.25, 0.3) is 0 Å². The normalized spacial score (nSPS) is 12.6. The van der Waals surface area contributed by atoms with Crippen molar-refractivity contribution >= 4 is 0 Å². The highest BCUT2D eigenvalue weighted by Crippen LogP contribution is 2.02. The summed E-state index contributed by atoms with van der Waals surface area (Å²) in [7, 11) is 0. The second kappa shape index (κ2) is 5.65. The van der Waals surface area contributed by atoms with Crippen LogP contribution in [-0.4, -0.2) is 11.2 Å². The molecule has 0 unspecified atom stereocenters. The number of unbranched alkanes of at least 4 members (excludes halogenated alkanes) is 1. The standard InChI is InChI=1S/C8H14O/c1-3-5-7-8(9)6-4-2/h2,8-9H,3,5-7H2,1H3/t8-/m1/s1. The van der Waals surface area contributed by atoms with Crippen LogP contribution in [0.15, 0.2) is 0 Å². The Bertz CT molecular complexity index is 91.2. The van der Waals surface area contributed by atoms with Gasteiger partial charge < -0.3 is 5.11 Å². The van der Waals surface area contributed by atoms with E-state index in [2.05, 4.69) is 12.8 Å². The van der Waals surface area contributed by atoms with E-state index in [1.54, 1.807) is 0 Å². The predicted molar refractivity (Wildman–Crippen MR) is 39.0 cm³/mol. The smallest absolute Gasteiger partial charge is 0.0649 e. The van der Waals surface area contributed by atoms with Gasteiger partial charge in [0.15, 0.2) is 0 Å². The molecular formula is C8H14O. The van der Waals surface area contributed by atoms with E-state index in [0.29, 0.717) is 6.42 Å². The molecule has 0 rings (SSSR count). The highest BCUT2D eigenvalue weighted by molar-refractivity contribution is 4.86. The zero-order valence-electron chi connectivity index (χ0n) is 5.93. The maximum absolute atomic E-state index is 9.04. The molecule has 1 N–H and O–H groups in total. The third kappa shape index (κ3) is 5.39. The zero-order chi connectivity index (χ0) is 7.11. The molecule has 9 heavy (non-hydrogen) atoms. The van der Waals surface area contributed by atoms with Gasteiger partial charge in [-0.3, -0.25) is 0 Å². The first-order valence-electron chi connectivity index (χ1n) is 3.42. The molecule has 0 aromatic carbocycles. The first-order valence-corrected chi connectivity index (χ1v) is 3.42. The Morgan fingerprint density at radius 3 is 2.78 bits per heavy atom. The summed E-state index contributed by atoms with van der Waals surface area (Å²) in [6, 6.07) is 0. The van der Waals surface area contributed by atoms with Crippen molar-refractivity contribution < 1.29 is 5.11 Å². The Balaban J connectivity index is 3.08. The second-order valence-corrected chi connectivity index (χ2v) is 2.20. The SMILES string of the molecule is C#CC[C@@H](O)CCCC. The van der Waals surface area contributed by atoms with Gasteiger partial charge in [-0.05, 0) is 6.42 Å².